The molecule has 2 aromatic carbocycles. The van der Waals surface area contributed by atoms with Crippen molar-refractivity contribution in [3.8, 4) is 0 Å². The van der Waals surface area contributed by atoms with Crippen molar-refractivity contribution in [3.05, 3.63) is 123 Å². The lowest BCUT2D eigenvalue weighted by atomic mass is 10.0. The molecule has 14 nitrogen and oxygen atoms in total. The van der Waals surface area contributed by atoms with Gasteiger partial charge >= 0.3 is 0 Å². The third-order valence-electron chi connectivity index (χ3n) is 9.73. The van der Waals surface area contributed by atoms with E-state index in [4.69, 9.17) is 9.47 Å². The molecule has 5 rings (SSSR count). The third kappa shape index (κ3) is 15.7. The average molecular weight is 1120 g/mol. The van der Waals surface area contributed by atoms with Gasteiger partial charge in [-0.3, -0.25) is 33.9 Å². The number of para-hydroxylation sites is 1. The van der Waals surface area contributed by atoms with Gasteiger partial charge in [-0.1, -0.05) is 118 Å². The van der Waals surface area contributed by atoms with Crippen LogP contribution >= 0.6 is 63.7 Å². The molecule has 0 fully saturated rings. The summed E-state index contributed by atoms with van der Waals surface area (Å²) in [5, 5.41) is 13.2. The van der Waals surface area contributed by atoms with Gasteiger partial charge in [-0.25, -0.2) is 0 Å². The number of aromatic nitrogens is 2. The number of hydrogen-bond acceptors (Lipinski definition) is 9. The molecule has 0 spiro atoms. The van der Waals surface area contributed by atoms with Gasteiger partial charge < -0.3 is 35.6 Å². The number of alkyl halides is 4. The maximum atomic E-state index is 13.4. The minimum Gasteiger partial charge on any atom is -0.377 e. The molecule has 3 heterocycles. The highest BCUT2D eigenvalue weighted by Gasteiger charge is 2.23. The number of anilines is 1. The van der Waals surface area contributed by atoms with Crippen LogP contribution in [0.5, 0.6) is 0 Å². The molecule has 0 radical (unpaired) electrons. The van der Waals surface area contributed by atoms with Crippen molar-refractivity contribution in [2.45, 2.75) is 40.7 Å². The number of rotatable bonds is 23. The van der Waals surface area contributed by atoms with Gasteiger partial charge in [0.05, 0.1) is 67.4 Å². The molecule has 0 bridgehead atoms. The van der Waals surface area contributed by atoms with Crippen molar-refractivity contribution in [2.75, 3.05) is 57.5 Å². The van der Waals surface area contributed by atoms with Crippen LogP contribution < -0.4 is 26.2 Å². The summed E-state index contributed by atoms with van der Waals surface area (Å²) >= 11 is 13.6. The topological polar surface area (TPSA) is 181 Å². The lowest BCUT2D eigenvalue weighted by molar-refractivity contribution is -0.125. The number of hydrogen-bond donors (Lipinski definition) is 4. The zero-order valence-corrected chi connectivity index (χ0v) is 40.8. The molecule has 0 saturated carbocycles. The number of nitrogens with one attached hydrogen (secondary N) is 4. The van der Waals surface area contributed by atoms with Crippen LogP contribution in [0.3, 0.4) is 0 Å². The SMILES string of the molecule is O=C(CCC(=O)N1Cc2ccccc2/C=C\c2ccccc21)NCCOCCOCCNC(=O)C(CNC(=O)c1cc(CBr)nc(CBr)c1)CNC(=O)c1cc(CBr)nc(CBr)c1. The first-order valence-corrected chi connectivity index (χ1v) is 24.8. The fourth-order valence-corrected chi connectivity index (χ4v) is 7.67. The van der Waals surface area contributed by atoms with Gasteiger partial charge in [0.25, 0.3) is 11.8 Å². The Kier molecular flexibility index (Phi) is 20.9. The predicted molar refractivity (Wildman–Crippen MR) is 257 cm³/mol. The van der Waals surface area contributed by atoms with Crippen LogP contribution in [0.4, 0.5) is 5.69 Å². The summed E-state index contributed by atoms with van der Waals surface area (Å²) in [5.41, 5.74) is 7.39. The second kappa shape index (κ2) is 26.5. The first-order chi connectivity index (χ1) is 30.6. The highest BCUT2D eigenvalue weighted by atomic mass is 79.9. The van der Waals surface area contributed by atoms with E-state index >= 15 is 0 Å². The van der Waals surface area contributed by atoms with Crippen LogP contribution in [0.25, 0.3) is 12.2 Å². The second-order valence-electron chi connectivity index (χ2n) is 14.3. The minimum atomic E-state index is -0.804. The maximum absolute atomic E-state index is 13.4. The molecule has 0 atom stereocenters. The standard InChI is InChI=1S/C45H49Br4N7O7/c46-23-36-19-33(20-37(24-47)54-36)43(59)52-27-35(28-53-44(60)34-21-38(25-48)55-39(22-34)26-49)45(61)51-14-16-63-18-17-62-15-13-50-41(57)11-12-42(58)56-29-32-7-2-1-5-30(32)9-10-31-6-3-4-8-40(31)56/h1-10,19-22,35H,11-18,23-29H2,(H,50,57)(H,51,61)(H,52,59)(H,53,60)/b10-9-. The monoisotopic (exact) mass is 1120 g/mol. The van der Waals surface area contributed by atoms with E-state index in [1.165, 1.54) is 0 Å². The number of pyridine rings is 2. The fourth-order valence-electron chi connectivity index (χ4n) is 6.52. The molecular formula is C45H49Br4N7O7. The van der Waals surface area contributed by atoms with Crippen molar-refractivity contribution < 1.29 is 33.4 Å². The number of nitrogens with zero attached hydrogens (tertiary/aromatic N) is 3. The Balaban J connectivity index is 1.01. The number of benzene rings is 2. The van der Waals surface area contributed by atoms with E-state index in [1.807, 2.05) is 54.6 Å². The molecule has 334 valence electrons. The average Bonchev–Trinajstić information content (AvgIpc) is 3.31. The number of fused-ring (bicyclic) bond motifs is 2. The second-order valence-corrected chi connectivity index (χ2v) is 16.5. The quantitative estimate of drug-likeness (QED) is 0.0471. The lowest BCUT2D eigenvalue weighted by Crippen LogP contribution is -2.45. The van der Waals surface area contributed by atoms with E-state index in [9.17, 15) is 24.0 Å². The Morgan fingerprint density at radius 2 is 1.10 bits per heavy atom. The Morgan fingerprint density at radius 3 is 1.65 bits per heavy atom. The van der Waals surface area contributed by atoms with Crippen LogP contribution in [0, 0.1) is 5.92 Å². The van der Waals surface area contributed by atoms with Crippen LogP contribution in [-0.2, 0) is 51.7 Å². The number of carbonyl (C=O) groups excluding carboxylic acids is 5. The Bertz CT molecular complexity index is 2130. The van der Waals surface area contributed by atoms with Crippen molar-refractivity contribution in [3.63, 3.8) is 0 Å². The molecule has 63 heavy (non-hydrogen) atoms. The number of carbonyl (C=O) groups is 5. The summed E-state index contributed by atoms with van der Waals surface area (Å²) in [5.74, 6) is -2.32. The minimum absolute atomic E-state index is 0.0441. The molecule has 5 amide bonds. The Morgan fingerprint density at radius 1 is 0.603 bits per heavy atom. The van der Waals surface area contributed by atoms with Gasteiger partial charge in [0.1, 0.15) is 0 Å². The highest BCUT2D eigenvalue weighted by molar-refractivity contribution is 9.09. The number of ether oxygens (including phenoxy) is 2. The van der Waals surface area contributed by atoms with E-state index in [0.717, 1.165) is 22.4 Å². The largest absolute Gasteiger partial charge is 0.377 e. The van der Waals surface area contributed by atoms with Crippen LogP contribution in [0.1, 0.15) is 73.0 Å². The van der Waals surface area contributed by atoms with Crippen molar-refractivity contribution in [2.24, 2.45) is 5.92 Å². The van der Waals surface area contributed by atoms with Crippen molar-refractivity contribution in [1.29, 1.82) is 0 Å². The predicted octanol–water partition coefficient (Wildman–Crippen LogP) is 6.60. The van der Waals surface area contributed by atoms with Crippen LogP contribution in [0.15, 0.2) is 72.8 Å². The van der Waals surface area contributed by atoms with Crippen molar-refractivity contribution in [1.82, 2.24) is 31.2 Å². The molecule has 2 aromatic heterocycles. The summed E-state index contributed by atoms with van der Waals surface area (Å²) in [6.45, 7) is 1.74. The zero-order valence-electron chi connectivity index (χ0n) is 34.5. The van der Waals surface area contributed by atoms with Gasteiger partial charge in [-0.2, -0.15) is 0 Å². The smallest absolute Gasteiger partial charge is 0.251 e. The Hall–Kier alpha value is -4.33. The molecular weight excluding hydrogens is 1070 g/mol. The summed E-state index contributed by atoms with van der Waals surface area (Å²) in [6, 6.07) is 22.4. The molecule has 0 aliphatic carbocycles. The zero-order chi connectivity index (χ0) is 45.0. The lowest BCUT2D eigenvalue weighted by Gasteiger charge is -2.27. The van der Waals surface area contributed by atoms with Gasteiger partial charge in [0.2, 0.25) is 17.7 Å². The van der Waals surface area contributed by atoms with Crippen molar-refractivity contribution >= 4 is 111 Å². The summed E-state index contributed by atoms with van der Waals surface area (Å²) in [6.07, 6.45) is 4.18. The van der Waals surface area contributed by atoms with Crippen LogP contribution in [-0.4, -0.2) is 92.1 Å². The van der Waals surface area contributed by atoms with Gasteiger partial charge in [0.15, 0.2) is 0 Å². The first-order valence-electron chi connectivity index (χ1n) is 20.3. The molecule has 0 saturated heterocycles. The van der Waals surface area contributed by atoms with Gasteiger partial charge in [-0.15, -0.1) is 0 Å². The van der Waals surface area contributed by atoms with E-state index in [2.05, 4.69) is 101 Å². The highest BCUT2D eigenvalue weighted by Crippen LogP contribution is 2.29. The molecule has 4 N–H and O–H groups in total. The summed E-state index contributed by atoms with van der Waals surface area (Å²) in [4.78, 5) is 76.5. The van der Waals surface area contributed by atoms with E-state index in [0.29, 0.717) is 61.8 Å². The van der Waals surface area contributed by atoms with Crippen LogP contribution in [0.2, 0.25) is 0 Å². The van der Waals surface area contributed by atoms with Gasteiger partial charge in [-0.05, 0) is 47.0 Å². The molecule has 1 aliphatic heterocycles. The maximum Gasteiger partial charge on any atom is 0.251 e. The first kappa shape index (κ1) is 49.7. The molecule has 0 unspecified atom stereocenters. The molecule has 18 heteroatoms. The fraction of sp³-hybridized carbons (Fsp3) is 0.356. The summed E-state index contributed by atoms with van der Waals surface area (Å²) in [7, 11) is 0. The summed E-state index contributed by atoms with van der Waals surface area (Å²) < 4.78 is 11.2. The van der Waals surface area contributed by atoms with E-state index in [1.54, 1.807) is 29.2 Å². The third-order valence-corrected chi connectivity index (χ3v) is 12.0. The number of amides is 5. The number of halogens is 4. The Labute approximate surface area is 400 Å². The van der Waals surface area contributed by atoms with Gasteiger partial charge in [0, 0.05) is 71.5 Å². The normalized spacial score (nSPS) is 12.4. The van der Waals surface area contributed by atoms with E-state index < -0.39 is 5.92 Å². The van der Waals surface area contributed by atoms with E-state index in [-0.39, 0.29) is 95.0 Å². The molecule has 1 aliphatic rings. The molecule has 4 aromatic rings.